The quantitative estimate of drug-likeness (QED) is 0.574. The van der Waals surface area contributed by atoms with Crippen LogP contribution in [0.5, 0.6) is 0 Å². The first kappa shape index (κ1) is 23.4. The van der Waals surface area contributed by atoms with Crippen LogP contribution in [-0.4, -0.2) is 37.6 Å². The monoisotopic (exact) mass is 462 g/mol. The van der Waals surface area contributed by atoms with Gasteiger partial charge < -0.3 is 5.32 Å². The second kappa shape index (κ2) is 7.93. The fraction of sp³-hybridized carbons (Fsp3) is 0.400. The van der Waals surface area contributed by atoms with E-state index in [1.807, 2.05) is 47.6 Å². The van der Waals surface area contributed by atoms with Crippen molar-refractivity contribution < 1.29 is 14.4 Å². The maximum atomic E-state index is 13.5. The van der Waals surface area contributed by atoms with Gasteiger partial charge in [-0.1, -0.05) is 44.2 Å². The molecule has 0 aliphatic carbocycles. The zero-order valence-electron chi connectivity index (χ0n) is 20.6. The van der Waals surface area contributed by atoms with Crippen LogP contribution in [0.15, 0.2) is 36.4 Å². The molecule has 4 amide bonds. The van der Waals surface area contributed by atoms with Crippen molar-refractivity contribution in [2.24, 2.45) is 0 Å². The minimum absolute atomic E-state index is 0.0534. The minimum atomic E-state index is -1.28. The molecule has 1 atom stereocenters. The molecule has 9 heteroatoms. The number of aryl methyl sites for hydroxylation is 1. The number of hydrogen-bond donors (Lipinski definition) is 2. The second-order valence-electron chi connectivity index (χ2n) is 10.1. The zero-order valence-corrected chi connectivity index (χ0v) is 20.6. The first-order valence-corrected chi connectivity index (χ1v) is 11.3. The lowest BCUT2D eigenvalue weighted by molar-refractivity contribution is -0.132. The lowest BCUT2D eigenvalue weighted by Crippen LogP contribution is -2.48. The third kappa shape index (κ3) is 3.70. The normalized spacial score (nSPS) is 18.6. The van der Waals surface area contributed by atoms with Gasteiger partial charge in [0.15, 0.2) is 5.65 Å². The largest absolute Gasteiger partial charge is 0.344 e. The number of amides is 4. The summed E-state index contributed by atoms with van der Waals surface area (Å²) in [5.41, 5.74) is 3.77. The third-order valence-corrected chi connectivity index (χ3v) is 6.06. The molecule has 178 valence electrons. The van der Waals surface area contributed by atoms with Gasteiger partial charge in [-0.15, -0.1) is 0 Å². The van der Waals surface area contributed by atoms with E-state index < -0.39 is 23.4 Å². The molecule has 9 nitrogen and oxygen atoms in total. The summed E-state index contributed by atoms with van der Waals surface area (Å²) in [5, 5.41) is 8.69. The topological polar surface area (TPSA) is 109 Å². The van der Waals surface area contributed by atoms with E-state index in [2.05, 4.69) is 15.8 Å². The summed E-state index contributed by atoms with van der Waals surface area (Å²) < 4.78 is 1.81. The lowest BCUT2D eigenvalue weighted by atomic mass is 9.92. The number of pyridine rings is 1. The summed E-state index contributed by atoms with van der Waals surface area (Å²) >= 11 is 0. The van der Waals surface area contributed by atoms with Gasteiger partial charge in [0.2, 0.25) is 0 Å². The molecule has 34 heavy (non-hydrogen) atoms. The Morgan fingerprint density at radius 3 is 2.38 bits per heavy atom. The zero-order chi connectivity index (χ0) is 25.0. The van der Waals surface area contributed by atoms with E-state index in [-0.39, 0.29) is 11.5 Å². The number of carbonyl (C=O) groups is 3. The summed E-state index contributed by atoms with van der Waals surface area (Å²) in [6.45, 7) is 13.5. The van der Waals surface area contributed by atoms with Crippen molar-refractivity contribution in [1.82, 2.24) is 30.5 Å². The van der Waals surface area contributed by atoms with Crippen LogP contribution in [0.1, 0.15) is 74.8 Å². The predicted molar refractivity (Wildman–Crippen MR) is 128 cm³/mol. The van der Waals surface area contributed by atoms with E-state index >= 15 is 0 Å². The fourth-order valence-electron chi connectivity index (χ4n) is 4.12. The highest BCUT2D eigenvalue weighted by molar-refractivity contribution is 6.12. The van der Waals surface area contributed by atoms with Gasteiger partial charge >= 0.3 is 6.03 Å². The number of urea groups is 1. The Hall–Kier alpha value is -3.75. The minimum Gasteiger partial charge on any atom is -0.318 e. The van der Waals surface area contributed by atoms with Gasteiger partial charge in [-0.25, -0.2) is 14.5 Å². The molecule has 2 aromatic heterocycles. The molecule has 1 unspecified atom stereocenters. The van der Waals surface area contributed by atoms with E-state index in [1.54, 1.807) is 41.9 Å². The number of aromatic nitrogens is 3. The number of hydrogen-bond acceptors (Lipinski definition) is 5. The van der Waals surface area contributed by atoms with E-state index in [4.69, 9.17) is 4.98 Å². The molecule has 1 aromatic carbocycles. The molecule has 0 bridgehead atoms. The number of nitrogens with zero attached hydrogens (tertiary/aromatic N) is 4. The number of benzene rings is 1. The molecule has 0 spiro atoms. The SMILES string of the molecule is Cc1nn(C(C)(C)C)c2nc(C(C)C)cc(C(=O)NN3C(=O)NC(C)(c4ccccc4)C3=O)c12. The molecule has 0 radical (unpaired) electrons. The van der Waals surface area contributed by atoms with E-state index in [9.17, 15) is 14.4 Å². The van der Waals surface area contributed by atoms with Gasteiger partial charge in [-0.3, -0.25) is 15.0 Å². The summed E-state index contributed by atoms with van der Waals surface area (Å²) in [4.78, 5) is 44.3. The molecule has 3 aromatic rings. The Labute approximate surface area is 198 Å². The van der Waals surface area contributed by atoms with Gasteiger partial charge in [0.25, 0.3) is 11.8 Å². The van der Waals surface area contributed by atoms with Crippen molar-refractivity contribution in [3.05, 3.63) is 58.9 Å². The summed E-state index contributed by atoms with van der Waals surface area (Å²) in [6.07, 6.45) is 0. The average Bonchev–Trinajstić information content (AvgIpc) is 3.23. The Bertz CT molecular complexity index is 1310. The van der Waals surface area contributed by atoms with Gasteiger partial charge in [0.1, 0.15) is 5.54 Å². The smallest absolute Gasteiger partial charge is 0.318 e. The lowest BCUT2D eigenvalue weighted by Gasteiger charge is -2.22. The number of nitrogens with one attached hydrogen (secondary N) is 2. The molecule has 4 rings (SSSR count). The first-order valence-electron chi connectivity index (χ1n) is 11.3. The van der Waals surface area contributed by atoms with Gasteiger partial charge in [-0.05, 0) is 52.2 Å². The average molecular weight is 463 g/mol. The van der Waals surface area contributed by atoms with Crippen LogP contribution < -0.4 is 10.7 Å². The van der Waals surface area contributed by atoms with Crippen LogP contribution in [0.2, 0.25) is 0 Å². The van der Waals surface area contributed by atoms with Gasteiger partial charge in [0, 0.05) is 5.69 Å². The third-order valence-electron chi connectivity index (χ3n) is 6.06. The highest BCUT2D eigenvalue weighted by Crippen LogP contribution is 2.30. The molecule has 1 aliphatic rings. The van der Waals surface area contributed by atoms with Crippen molar-refractivity contribution in [2.45, 2.75) is 65.5 Å². The highest BCUT2D eigenvalue weighted by atomic mass is 16.2. The van der Waals surface area contributed by atoms with Crippen molar-refractivity contribution in [1.29, 1.82) is 0 Å². The predicted octanol–water partition coefficient (Wildman–Crippen LogP) is 3.73. The summed E-state index contributed by atoms with van der Waals surface area (Å²) in [7, 11) is 0. The standard InChI is InChI=1S/C25H30N6O3/c1-14(2)18-13-17(19-15(3)28-31(20(19)26-18)24(4,5)6)21(32)29-30-22(33)25(7,27-23(30)34)16-11-9-8-10-12-16/h8-14H,1-7H3,(H,27,34)(H,29,32). The van der Waals surface area contributed by atoms with Crippen molar-refractivity contribution in [3.63, 3.8) is 0 Å². The van der Waals surface area contributed by atoms with Crippen LogP contribution in [-0.2, 0) is 15.9 Å². The molecule has 1 saturated heterocycles. The fourth-order valence-corrected chi connectivity index (χ4v) is 4.12. The summed E-state index contributed by atoms with van der Waals surface area (Å²) in [6, 6.07) is 9.94. The molecular weight excluding hydrogens is 432 g/mol. The second-order valence-corrected chi connectivity index (χ2v) is 10.1. The number of carbonyl (C=O) groups excluding carboxylic acids is 3. The highest BCUT2D eigenvalue weighted by Gasteiger charge is 2.50. The maximum absolute atomic E-state index is 13.5. The van der Waals surface area contributed by atoms with Crippen LogP contribution in [0, 0.1) is 6.92 Å². The Morgan fingerprint density at radius 2 is 1.79 bits per heavy atom. The van der Waals surface area contributed by atoms with Crippen LogP contribution in [0.4, 0.5) is 4.79 Å². The Kier molecular flexibility index (Phi) is 5.46. The van der Waals surface area contributed by atoms with Gasteiger partial charge in [0.05, 0.1) is 22.2 Å². The number of hydrazine groups is 1. The number of fused-ring (bicyclic) bond motifs is 1. The molecule has 3 heterocycles. The molecule has 0 saturated carbocycles. The van der Waals surface area contributed by atoms with Crippen LogP contribution in [0.25, 0.3) is 11.0 Å². The van der Waals surface area contributed by atoms with E-state index in [0.717, 1.165) is 10.7 Å². The first-order chi connectivity index (χ1) is 15.8. The van der Waals surface area contributed by atoms with Crippen molar-refractivity contribution in [3.8, 4) is 0 Å². The molecule has 2 N–H and O–H groups in total. The van der Waals surface area contributed by atoms with E-state index in [0.29, 0.717) is 27.9 Å². The number of imide groups is 1. The van der Waals surface area contributed by atoms with Gasteiger partial charge in [-0.2, -0.15) is 10.1 Å². The Morgan fingerprint density at radius 1 is 1.15 bits per heavy atom. The number of rotatable bonds is 4. The van der Waals surface area contributed by atoms with Crippen molar-refractivity contribution in [2.75, 3.05) is 0 Å². The molecular formula is C25H30N6O3. The van der Waals surface area contributed by atoms with Crippen LogP contribution in [0.3, 0.4) is 0 Å². The summed E-state index contributed by atoms with van der Waals surface area (Å²) in [5.74, 6) is -1.09. The van der Waals surface area contributed by atoms with E-state index in [1.165, 1.54) is 0 Å². The molecule has 1 fully saturated rings. The molecule has 1 aliphatic heterocycles. The Balaban J connectivity index is 1.76. The van der Waals surface area contributed by atoms with Crippen LogP contribution >= 0.6 is 0 Å². The maximum Gasteiger partial charge on any atom is 0.344 e. The van der Waals surface area contributed by atoms with Crippen molar-refractivity contribution >= 4 is 28.9 Å².